The van der Waals surface area contributed by atoms with Crippen molar-refractivity contribution in [1.29, 1.82) is 0 Å². The monoisotopic (exact) mass is 427 g/mol. The molecule has 30 heavy (non-hydrogen) atoms. The Balaban J connectivity index is 1.37. The third-order valence-electron chi connectivity index (χ3n) is 6.08. The van der Waals surface area contributed by atoms with E-state index >= 15 is 0 Å². The van der Waals surface area contributed by atoms with Crippen molar-refractivity contribution in [3.8, 4) is 0 Å². The molecule has 0 aromatic carbocycles. The fraction of sp³-hybridized carbons (Fsp3) is 0.500. The number of thiophene rings is 1. The van der Waals surface area contributed by atoms with Crippen molar-refractivity contribution in [2.24, 2.45) is 5.92 Å². The van der Waals surface area contributed by atoms with Gasteiger partial charge in [-0.2, -0.15) is 0 Å². The predicted molar refractivity (Wildman–Crippen MR) is 120 cm³/mol. The summed E-state index contributed by atoms with van der Waals surface area (Å²) in [6.45, 7) is 6.47. The molecule has 0 bridgehead atoms. The Hall–Kier alpha value is -2.45. The van der Waals surface area contributed by atoms with Crippen LogP contribution in [0.4, 0.5) is 5.82 Å². The van der Waals surface area contributed by atoms with Crippen LogP contribution in [0.15, 0.2) is 29.1 Å². The molecule has 1 unspecified atom stereocenters. The van der Waals surface area contributed by atoms with E-state index in [1.807, 2.05) is 26.2 Å². The Morgan fingerprint density at radius 1 is 1.33 bits per heavy atom. The fourth-order valence-corrected chi connectivity index (χ4v) is 5.11. The second-order valence-electron chi connectivity index (χ2n) is 8.16. The zero-order chi connectivity index (χ0) is 21.3. The minimum Gasteiger partial charge on any atom is -0.468 e. The van der Waals surface area contributed by atoms with Crippen molar-refractivity contribution in [3.05, 3.63) is 40.9 Å². The largest absolute Gasteiger partial charge is 0.468 e. The molecular formula is C22H29N5O2S. The van der Waals surface area contributed by atoms with E-state index in [9.17, 15) is 4.79 Å². The van der Waals surface area contributed by atoms with Gasteiger partial charge in [-0.3, -0.25) is 9.69 Å². The van der Waals surface area contributed by atoms with Crippen molar-refractivity contribution in [2.75, 3.05) is 38.6 Å². The molecule has 7 nitrogen and oxygen atoms in total. The highest BCUT2D eigenvalue weighted by Gasteiger charge is 2.28. The van der Waals surface area contributed by atoms with Gasteiger partial charge in [0.25, 0.3) is 0 Å². The number of furan rings is 1. The second-order valence-corrected chi connectivity index (χ2v) is 9.37. The zero-order valence-electron chi connectivity index (χ0n) is 18.0. The van der Waals surface area contributed by atoms with Crippen LogP contribution in [-0.4, -0.2) is 54.5 Å². The van der Waals surface area contributed by atoms with Crippen LogP contribution in [-0.2, 0) is 4.79 Å². The van der Waals surface area contributed by atoms with Gasteiger partial charge in [-0.1, -0.05) is 0 Å². The summed E-state index contributed by atoms with van der Waals surface area (Å²) in [6, 6.07) is 3.86. The first-order chi connectivity index (χ1) is 14.5. The van der Waals surface area contributed by atoms with Gasteiger partial charge in [0.1, 0.15) is 22.7 Å². The van der Waals surface area contributed by atoms with Crippen molar-refractivity contribution in [3.63, 3.8) is 0 Å². The molecule has 0 saturated carbocycles. The molecule has 1 N–H and O–H groups in total. The van der Waals surface area contributed by atoms with Gasteiger partial charge in [-0.25, -0.2) is 9.97 Å². The first-order valence-electron chi connectivity index (χ1n) is 10.4. The predicted octanol–water partition coefficient (Wildman–Crippen LogP) is 3.54. The van der Waals surface area contributed by atoms with Crippen LogP contribution in [0.3, 0.4) is 0 Å². The molecule has 1 saturated heterocycles. The number of piperidine rings is 1. The third kappa shape index (κ3) is 4.06. The third-order valence-corrected chi connectivity index (χ3v) is 7.19. The van der Waals surface area contributed by atoms with Crippen molar-refractivity contribution >= 4 is 33.3 Å². The number of fused-ring (bicyclic) bond motifs is 1. The number of aromatic nitrogens is 2. The number of amides is 1. The van der Waals surface area contributed by atoms with E-state index in [0.29, 0.717) is 6.54 Å². The van der Waals surface area contributed by atoms with Crippen molar-refractivity contribution in [1.82, 2.24) is 20.2 Å². The van der Waals surface area contributed by atoms with Crippen molar-refractivity contribution < 1.29 is 9.21 Å². The van der Waals surface area contributed by atoms with Gasteiger partial charge in [0, 0.05) is 30.4 Å². The lowest BCUT2D eigenvalue weighted by atomic mass is 9.95. The van der Waals surface area contributed by atoms with Crippen LogP contribution >= 0.6 is 11.3 Å². The zero-order valence-corrected chi connectivity index (χ0v) is 18.8. The van der Waals surface area contributed by atoms with Gasteiger partial charge in [0.15, 0.2) is 0 Å². The minimum atomic E-state index is 0.0307. The van der Waals surface area contributed by atoms with E-state index in [0.717, 1.165) is 47.7 Å². The lowest BCUT2D eigenvalue weighted by molar-refractivity contribution is -0.125. The van der Waals surface area contributed by atoms with E-state index in [4.69, 9.17) is 4.42 Å². The molecule has 0 aliphatic carbocycles. The minimum absolute atomic E-state index is 0.0307. The summed E-state index contributed by atoms with van der Waals surface area (Å²) in [5.74, 6) is 2.03. The van der Waals surface area contributed by atoms with Crippen LogP contribution in [0.1, 0.15) is 35.1 Å². The topological polar surface area (TPSA) is 74.5 Å². The number of anilines is 1. The number of carbonyl (C=O) groups is 1. The van der Waals surface area contributed by atoms with Crippen LogP contribution in [0, 0.1) is 19.8 Å². The van der Waals surface area contributed by atoms with Gasteiger partial charge in [-0.05, 0) is 58.5 Å². The smallest absolute Gasteiger partial charge is 0.223 e. The SMILES string of the molecule is Cc1sc2ncnc(N3CCC(C(=O)NCC(c4ccco4)N(C)C)CC3)c2c1C. The molecule has 0 radical (unpaired) electrons. The highest BCUT2D eigenvalue weighted by molar-refractivity contribution is 7.18. The Morgan fingerprint density at radius 2 is 2.10 bits per heavy atom. The van der Waals surface area contributed by atoms with E-state index in [1.54, 1.807) is 23.9 Å². The molecule has 3 aromatic heterocycles. The molecule has 1 amide bonds. The summed E-state index contributed by atoms with van der Waals surface area (Å²) < 4.78 is 5.53. The summed E-state index contributed by atoms with van der Waals surface area (Å²) in [7, 11) is 3.99. The Labute approximate surface area is 181 Å². The molecule has 4 heterocycles. The van der Waals surface area contributed by atoms with Gasteiger partial charge >= 0.3 is 0 Å². The average Bonchev–Trinajstić information content (AvgIpc) is 3.36. The van der Waals surface area contributed by atoms with Crippen LogP contribution in [0.5, 0.6) is 0 Å². The average molecular weight is 428 g/mol. The molecule has 1 atom stereocenters. The fourth-order valence-electron chi connectivity index (χ4n) is 4.12. The van der Waals surface area contributed by atoms with Crippen molar-refractivity contribution in [2.45, 2.75) is 32.7 Å². The number of hydrogen-bond donors (Lipinski definition) is 1. The molecule has 8 heteroatoms. The number of rotatable bonds is 6. The first kappa shape index (κ1) is 20.8. The Morgan fingerprint density at radius 3 is 2.77 bits per heavy atom. The highest BCUT2D eigenvalue weighted by atomic mass is 32.1. The molecule has 0 spiro atoms. The normalized spacial score (nSPS) is 16.4. The Bertz CT molecular complexity index is 1010. The number of carbonyl (C=O) groups excluding carboxylic acids is 1. The number of likely N-dealkylation sites (N-methyl/N-ethyl adjacent to an activating group) is 1. The molecule has 3 aromatic rings. The maximum Gasteiger partial charge on any atom is 0.223 e. The van der Waals surface area contributed by atoms with Crippen LogP contribution in [0.25, 0.3) is 10.2 Å². The van der Waals surface area contributed by atoms with E-state index in [-0.39, 0.29) is 17.9 Å². The van der Waals surface area contributed by atoms with Crippen LogP contribution < -0.4 is 10.2 Å². The lowest BCUT2D eigenvalue weighted by Crippen LogP contribution is -2.43. The van der Waals surface area contributed by atoms with Gasteiger partial charge in [0.05, 0.1) is 17.7 Å². The molecule has 1 fully saturated rings. The van der Waals surface area contributed by atoms with Gasteiger partial charge in [0.2, 0.25) is 5.91 Å². The highest BCUT2D eigenvalue weighted by Crippen LogP contribution is 2.35. The molecule has 160 valence electrons. The first-order valence-corrected chi connectivity index (χ1v) is 11.2. The number of nitrogens with one attached hydrogen (secondary N) is 1. The summed E-state index contributed by atoms with van der Waals surface area (Å²) >= 11 is 1.72. The number of hydrogen-bond acceptors (Lipinski definition) is 7. The van der Waals surface area contributed by atoms with Gasteiger partial charge in [-0.15, -0.1) is 11.3 Å². The van der Waals surface area contributed by atoms with E-state index in [1.165, 1.54) is 10.4 Å². The Kier molecular flexibility index (Phi) is 6.06. The molecular weight excluding hydrogens is 398 g/mol. The summed E-state index contributed by atoms with van der Waals surface area (Å²) in [5, 5.41) is 4.30. The summed E-state index contributed by atoms with van der Waals surface area (Å²) in [4.78, 5) is 28.5. The standard InChI is InChI=1S/C22H29N5O2S/c1-14-15(2)30-22-19(14)20(24-13-25-22)27-9-7-16(8-10-27)21(28)23-12-17(26(3)4)18-6-5-11-29-18/h5-6,11,13,16-17H,7-10,12H2,1-4H3,(H,23,28). The molecule has 4 rings (SSSR count). The number of aryl methyl sites for hydroxylation is 2. The maximum absolute atomic E-state index is 12.8. The second kappa shape index (κ2) is 8.73. The molecule has 1 aliphatic rings. The van der Waals surface area contributed by atoms with Crippen LogP contribution in [0.2, 0.25) is 0 Å². The summed E-state index contributed by atoms with van der Waals surface area (Å²) in [5.41, 5.74) is 1.26. The van der Waals surface area contributed by atoms with Gasteiger partial charge < -0.3 is 14.6 Å². The maximum atomic E-state index is 12.8. The summed E-state index contributed by atoms with van der Waals surface area (Å²) in [6.07, 6.45) is 4.98. The number of nitrogens with zero attached hydrogens (tertiary/aromatic N) is 4. The van der Waals surface area contributed by atoms with E-state index < -0.39 is 0 Å². The van der Waals surface area contributed by atoms with E-state index in [2.05, 4.69) is 38.9 Å². The molecule has 1 aliphatic heterocycles. The lowest BCUT2D eigenvalue weighted by Gasteiger charge is -2.33. The quantitative estimate of drug-likeness (QED) is 0.649.